The quantitative estimate of drug-likeness (QED) is 0.561. The second-order valence-corrected chi connectivity index (χ2v) is 4.12. The Morgan fingerprint density at radius 2 is 1.92 bits per heavy atom. The van der Waals surface area contributed by atoms with Crippen LogP contribution in [0.5, 0.6) is 0 Å². The highest BCUT2D eigenvalue weighted by Gasteiger charge is 2.46. The van der Waals surface area contributed by atoms with Crippen LogP contribution in [0, 0.1) is 5.41 Å². The van der Waals surface area contributed by atoms with E-state index in [0.717, 1.165) is 49.8 Å². The molecule has 0 aromatic heterocycles. The summed E-state index contributed by atoms with van der Waals surface area (Å²) in [6.45, 7) is 0. The molecule has 4 N–H and O–H groups in total. The van der Waals surface area contributed by atoms with Crippen molar-refractivity contribution in [3.05, 3.63) is 11.3 Å². The molecule has 1 saturated carbocycles. The van der Waals surface area contributed by atoms with Gasteiger partial charge >= 0.3 is 0 Å². The van der Waals surface area contributed by atoms with Gasteiger partial charge in [-0.05, 0) is 44.1 Å². The van der Waals surface area contributed by atoms with Crippen LogP contribution < -0.4 is 5.73 Å². The number of nitrogens with two attached hydrogens (primary N) is 1. The average molecular weight is 180 g/mol. The van der Waals surface area contributed by atoms with Crippen LogP contribution in [0.2, 0.25) is 0 Å². The average Bonchev–Trinajstić information content (AvgIpc) is 2.85. The van der Waals surface area contributed by atoms with Crippen molar-refractivity contribution in [2.45, 2.75) is 44.1 Å². The predicted octanol–water partition coefficient (Wildman–Crippen LogP) is 1.32. The van der Waals surface area contributed by atoms with Crippen LogP contribution in [-0.2, 0) is 0 Å². The summed E-state index contributed by atoms with van der Waals surface area (Å²) >= 11 is 0. The van der Waals surface area contributed by atoms with Crippen LogP contribution in [0.1, 0.15) is 38.5 Å². The molecule has 0 aromatic carbocycles. The van der Waals surface area contributed by atoms with E-state index >= 15 is 0 Å². The summed E-state index contributed by atoms with van der Waals surface area (Å²) in [6, 6.07) is 0. The van der Waals surface area contributed by atoms with Gasteiger partial charge in [0, 0.05) is 5.70 Å². The van der Waals surface area contributed by atoms with Crippen molar-refractivity contribution in [3.63, 3.8) is 0 Å². The van der Waals surface area contributed by atoms with Gasteiger partial charge in [-0.15, -0.1) is 0 Å². The molecule has 0 atom stereocenters. The van der Waals surface area contributed by atoms with Crippen molar-refractivity contribution >= 4 is 5.71 Å². The zero-order valence-corrected chi connectivity index (χ0v) is 7.77. The fourth-order valence-electron chi connectivity index (χ4n) is 1.86. The summed E-state index contributed by atoms with van der Waals surface area (Å²) in [5.41, 5.74) is 7.17. The van der Waals surface area contributed by atoms with E-state index in [2.05, 4.69) is 0 Å². The van der Waals surface area contributed by atoms with Crippen LogP contribution in [0.4, 0.5) is 0 Å². The van der Waals surface area contributed by atoms with Crippen LogP contribution in [-0.4, -0.2) is 16.4 Å². The number of allylic oxidation sites excluding steroid dienone is 1. The van der Waals surface area contributed by atoms with Crippen molar-refractivity contribution in [1.82, 2.24) is 0 Å². The van der Waals surface area contributed by atoms with Crippen molar-refractivity contribution < 1.29 is 5.11 Å². The third-order valence-corrected chi connectivity index (χ3v) is 3.00. The topological polar surface area (TPSA) is 70.1 Å². The molecule has 3 heteroatoms. The van der Waals surface area contributed by atoms with Gasteiger partial charge in [-0.2, -0.15) is 0 Å². The lowest BCUT2D eigenvalue weighted by Gasteiger charge is -2.20. The molecule has 2 aliphatic rings. The Hall–Kier alpha value is -0.830. The van der Waals surface area contributed by atoms with E-state index < -0.39 is 5.60 Å². The number of rotatable bonds is 2. The second-order valence-electron chi connectivity index (χ2n) is 4.12. The summed E-state index contributed by atoms with van der Waals surface area (Å²) in [5.74, 6) is 0. The summed E-state index contributed by atoms with van der Waals surface area (Å²) in [4.78, 5) is 0. The van der Waals surface area contributed by atoms with E-state index in [4.69, 9.17) is 11.1 Å². The Labute approximate surface area is 78.1 Å². The Kier molecular flexibility index (Phi) is 1.91. The molecule has 0 heterocycles. The van der Waals surface area contributed by atoms with Crippen LogP contribution in [0.25, 0.3) is 0 Å². The van der Waals surface area contributed by atoms with Gasteiger partial charge in [-0.25, -0.2) is 0 Å². The molecule has 0 radical (unpaired) electrons. The van der Waals surface area contributed by atoms with Crippen LogP contribution in [0.15, 0.2) is 11.3 Å². The third kappa shape index (κ3) is 1.48. The molecule has 0 aromatic rings. The first-order chi connectivity index (χ1) is 6.13. The van der Waals surface area contributed by atoms with Crippen molar-refractivity contribution in [2.75, 3.05) is 0 Å². The fraction of sp³-hybridized carbons (Fsp3) is 0.700. The van der Waals surface area contributed by atoms with Crippen molar-refractivity contribution in [2.24, 2.45) is 5.73 Å². The van der Waals surface area contributed by atoms with Crippen molar-refractivity contribution in [1.29, 1.82) is 5.41 Å². The highest BCUT2D eigenvalue weighted by Crippen LogP contribution is 2.40. The lowest BCUT2D eigenvalue weighted by molar-refractivity contribution is 0.220. The summed E-state index contributed by atoms with van der Waals surface area (Å²) in [7, 11) is 0. The van der Waals surface area contributed by atoms with Gasteiger partial charge in [-0.3, -0.25) is 0 Å². The van der Waals surface area contributed by atoms with E-state index in [-0.39, 0.29) is 0 Å². The normalized spacial score (nSPS) is 25.9. The molecular formula is C10H16N2O. The van der Waals surface area contributed by atoms with E-state index in [1.54, 1.807) is 0 Å². The van der Waals surface area contributed by atoms with Gasteiger partial charge in [-0.1, -0.05) is 0 Å². The molecule has 1 fully saturated rings. The predicted molar refractivity (Wildman–Crippen MR) is 51.6 cm³/mol. The van der Waals surface area contributed by atoms with Crippen LogP contribution >= 0.6 is 0 Å². The Balaban J connectivity index is 2.19. The summed E-state index contributed by atoms with van der Waals surface area (Å²) < 4.78 is 0. The molecule has 0 aliphatic heterocycles. The molecule has 2 rings (SSSR count). The Bertz CT molecular complexity index is 277. The van der Waals surface area contributed by atoms with Crippen molar-refractivity contribution in [3.8, 4) is 0 Å². The largest absolute Gasteiger partial charge is 0.402 e. The van der Waals surface area contributed by atoms with E-state index in [0.29, 0.717) is 5.71 Å². The maximum Gasteiger partial charge on any atom is 0.106 e. The number of aliphatic hydroxyl groups is 1. The van der Waals surface area contributed by atoms with E-state index in [9.17, 15) is 5.11 Å². The summed E-state index contributed by atoms with van der Waals surface area (Å²) in [6.07, 6.45) is 5.49. The van der Waals surface area contributed by atoms with E-state index in [1.807, 2.05) is 0 Å². The monoisotopic (exact) mass is 180 g/mol. The zero-order valence-electron chi connectivity index (χ0n) is 7.77. The lowest BCUT2D eigenvalue weighted by atomic mass is 9.90. The maximum atomic E-state index is 9.75. The number of hydrogen-bond acceptors (Lipinski definition) is 3. The minimum absolute atomic E-state index is 0.393. The molecule has 3 nitrogen and oxygen atoms in total. The number of nitrogens with one attached hydrogen (secondary N) is 1. The Morgan fingerprint density at radius 1 is 1.31 bits per heavy atom. The first-order valence-corrected chi connectivity index (χ1v) is 4.93. The fourth-order valence-corrected chi connectivity index (χ4v) is 1.86. The maximum absolute atomic E-state index is 9.75. The highest BCUT2D eigenvalue weighted by atomic mass is 16.3. The van der Waals surface area contributed by atoms with Gasteiger partial charge in [0.2, 0.25) is 0 Å². The molecule has 0 unspecified atom stereocenters. The molecule has 0 saturated heterocycles. The SMILES string of the molecule is N=C(C1=C(N)CCCC1)C1(O)CC1. The first-order valence-electron chi connectivity index (χ1n) is 4.93. The highest BCUT2D eigenvalue weighted by molar-refractivity contribution is 6.06. The minimum Gasteiger partial charge on any atom is -0.402 e. The second kappa shape index (κ2) is 2.84. The standard InChI is InChI=1S/C10H16N2O/c11-8-4-2-1-3-7(8)9(12)10(13)5-6-10/h12-13H,1-6,11H2. The van der Waals surface area contributed by atoms with E-state index in [1.165, 1.54) is 0 Å². The first kappa shape index (κ1) is 8.75. The number of hydrogen-bond donors (Lipinski definition) is 3. The smallest absolute Gasteiger partial charge is 0.106 e. The summed E-state index contributed by atoms with van der Waals surface area (Å²) in [5, 5.41) is 17.6. The van der Waals surface area contributed by atoms with Crippen LogP contribution in [0.3, 0.4) is 0 Å². The molecule has 72 valence electrons. The van der Waals surface area contributed by atoms with Gasteiger partial charge in [0.1, 0.15) is 5.60 Å². The lowest BCUT2D eigenvalue weighted by Crippen LogP contribution is -2.26. The zero-order chi connectivity index (χ0) is 9.47. The molecule has 0 bridgehead atoms. The van der Waals surface area contributed by atoms with Gasteiger partial charge in [0.15, 0.2) is 0 Å². The van der Waals surface area contributed by atoms with Gasteiger partial charge in [0.25, 0.3) is 0 Å². The van der Waals surface area contributed by atoms with Gasteiger partial charge in [0.05, 0.1) is 5.71 Å². The molecule has 13 heavy (non-hydrogen) atoms. The molecule has 2 aliphatic carbocycles. The molecular weight excluding hydrogens is 164 g/mol. The molecule has 0 amide bonds. The van der Waals surface area contributed by atoms with Gasteiger partial charge < -0.3 is 16.2 Å². The minimum atomic E-state index is -0.808. The molecule has 0 spiro atoms. The third-order valence-electron chi connectivity index (χ3n) is 3.00. The Morgan fingerprint density at radius 3 is 2.46 bits per heavy atom.